The fourth-order valence-electron chi connectivity index (χ4n) is 1.90. The summed E-state index contributed by atoms with van der Waals surface area (Å²) in [6.07, 6.45) is 0.151. The van der Waals surface area contributed by atoms with E-state index in [2.05, 4.69) is 5.32 Å². The number of carbonyl (C=O) groups excluding carboxylic acids is 1. The summed E-state index contributed by atoms with van der Waals surface area (Å²) in [5, 5.41) is 7.46. The molecule has 0 fully saturated rings. The number of hydrogen-bond donors (Lipinski definition) is 1. The van der Waals surface area contributed by atoms with Crippen LogP contribution in [0.4, 0.5) is 0 Å². The van der Waals surface area contributed by atoms with Crippen molar-refractivity contribution in [3.05, 3.63) is 57.2 Å². The molecule has 20 heavy (non-hydrogen) atoms. The first-order chi connectivity index (χ1) is 9.70. The van der Waals surface area contributed by atoms with Crippen molar-refractivity contribution in [3.63, 3.8) is 0 Å². The second kappa shape index (κ2) is 7.43. The standard InChI is InChI=1S/C15H16ClNO2S/c1-19-14(12-4-2-3-5-13(12)16)9-17-15(18)8-11-6-7-20-10-11/h2-7,10,14H,8-9H2,1H3,(H,17,18). The normalized spacial score (nSPS) is 12.1. The van der Waals surface area contributed by atoms with Crippen LogP contribution in [0.2, 0.25) is 5.02 Å². The number of nitrogens with one attached hydrogen (secondary N) is 1. The molecule has 1 atom stereocenters. The van der Waals surface area contributed by atoms with Gasteiger partial charge in [0.05, 0.1) is 6.42 Å². The van der Waals surface area contributed by atoms with Crippen LogP contribution in [-0.4, -0.2) is 19.6 Å². The maximum atomic E-state index is 11.9. The summed E-state index contributed by atoms with van der Waals surface area (Å²) < 4.78 is 5.41. The largest absolute Gasteiger partial charge is 0.375 e. The Morgan fingerprint density at radius 3 is 2.85 bits per heavy atom. The average Bonchev–Trinajstić information content (AvgIpc) is 2.94. The highest BCUT2D eigenvalue weighted by molar-refractivity contribution is 7.07. The minimum Gasteiger partial charge on any atom is -0.375 e. The molecule has 0 aliphatic carbocycles. The summed E-state index contributed by atoms with van der Waals surface area (Å²) in [5.41, 5.74) is 1.91. The van der Waals surface area contributed by atoms with Crippen LogP contribution in [-0.2, 0) is 16.0 Å². The molecule has 0 bridgehead atoms. The van der Waals surface area contributed by atoms with Crippen LogP contribution >= 0.6 is 22.9 Å². The van der Waals surface area contributed by atoms with Crippen LogP contribution in [0.1, 0.15) is 17.2 Å². The predicted molar refractivity (Wildman–Crippen MR) is 82.2 cm³/mol. The summed E-state index contributed by atoms with van der Waals surface area (Å²) in [6, 6.07) is 9.44. The van der Waals surface area contributed by atoms with Gasteiger partial charge in [0.2, 0.25) is 5.91 Å². The number of methoxy groups -OCH3 is 1. The fraction of sp³-hybridized carbons (Fsp3) is 0.267. The van der Waals surface area contributed by atoms with Crippen molar-refractivity contribution in [1.82, 2.24) is 5.32 Å². The third kappa shape index (κ3) is 4.07. The number of carbonyl (C=O) groups is 1. The Kier molecular flexibility index (Phi) is 5.59. The molecule has 5 heteroatoms. The van der Waals surface area contributed by atoms with E-state index in [1.807, 2.05) is 41.1 Å². The molecule has 2 aromatic rings. The van der Waals surface area contributed by atoms with Gasteiger partial charge in [-0.25, -0.2) is 0 Å². The molecule has 1 aromatic carbocycles. The van der Waals surface area contributed by atoms with Gasteiger partial charge in [-0.2, -0.15) is 11.3 Å². The number of thiophene rings is 1. The number of benzene rings is 1. The van der Waals surface area contributed by atoms with Crippen LogP contribution in [0.15, 0.2) is 41.1 Å². The summed E-state index contributed by atoms with van der Waals surface area (Å²) in [6.45, 7) is 0.406. The quantitative estimate of drug-likeness (QED) is 0.887. The van der Waals surface area contributed by atoms with E-state index in [4.69, 9.17) is 16.3 Å². The maximum Gasteiger partial charge on any atom is 0.224 e. The zero-order chi connectivity index (χ0) is 14.4. The van der Waals surface area contributed by atoms with E-state index in [0.29, 0.717) is 18.0 Å². The Morgan fingerprint density at radius 2 is 2.20 bits per heavy atom. The van der Waals surface area contributed by atoms with E-state index < -0.39 is 0 Å². The molecule has 1 heterocycles. The van der Waals surface area contributed by atoms with E-state index in [0.717, 1.165) is 11.1 Å². The highest BCUT2D eigenvalue weighted by Crippen LogP contribution is 2.24. The van der Waals surface area contributed by atoms with Crippen molar-refractivity contribution >= 4 is 28.8 Å². The molecule has 0 radical (unpaired) electrons. The van der Waals surface area contributed by atoms with Crippen molar-refractivity contribution in [1.29, 1.82) is 0 Å². The molecule has 1 N–H and O–H groups in total. The third-order valence-electron chi connectivity index (χ3n) is 2.97. The molecule has 1 unspecified atom stereocenters. The van der Waals surface area contributed by atoms with E-state index >= 15 is 0 Å². The smallest absolute Gasteiger partial charge is 0.224 e. The fourth-order valence-corrected chi connectivity index (χ4v) is 2.83. The van der Waals surface area contributed by atoms with Crippen molar-refractivity contribution in [3.8, 4) is 0 Å². The van der Waals surface area contributed by atoms with Crippen LogP contribution in [0.3, 0.4) is 0 Å². The highest BCUT2D eigenvalue weighted by Gasteiger charge is 2.15. The summed E-state index contributed by atoms with van der Waals surface area (Å²) in [7, 11) is 1.61. The van der Waals surface area contributed by atoms with Gasteiger partial charge in [0.25, 0.3) is 0 Å². The summed E-state index contributed by atoms with van der Waals surface area (Å²) in [5.74, 6) is -0.0162. The molecule has 3 nitrogen and oxygen atoms in total. The summed E-state index contributed by atoms with van der Waals surface area (Å²) >= 11 is 7.72. The van der Waals surface area contributed by atoms with E-state index in [1.165, 1.54) is 0 Å². The Balaban J connectivity index is 1.91. The van der Waals surface area contributed by atoms with Crippen molar-refractivity contribution in [2.45, 2.75) is 12.5 Å². The second-order valence-corrected chi connectivity index (χ2v) is 5.55. The molecule has 0 aliphatic rings. The van der Waals surface area contributed by atoms with E-state index in [-0.39, 0.29) is 12.0 Å². The van der Waals surface area contributed by atoms with Gasteiger partial charge in [0, 0.05) is 24.2 Å². The molecular weight excluding hydrogens is 294 g/mol. The van der Waals surface area contributed by atoms with Gasteiger partial charge in [-0.15, -0.1) is 0 Å². The zero-order valence-corrected chi connectivity index (χ0v) is 12.7. The predicted octanol–water partition coefficient (Wildman–Crippen LogP) is 3.45. The summed E-state index contributed by atoms with van der Waals surface area (Å²) in [4.78, 5) is 11.9. The zero-order valence-electron chi connectivity index (χ0n) is 11.1. The Morgan fingerprint density at radius 1 is 1.40 bits per heavy atom. The second-order valence-electron chi connectivity index (χ2n) is 4.36. The Hall–Kier alpha value is -1.36. The van der Waals surface area contributed by atoms with Crippen LogP contribution in [0.25, 0.3) is 0 Å². The Bertz CT molecular complexity index is 557. The highest BCUT2D eigenvalue weighted by atomic mass is 35.5. The van der Waals surface area contributed by atoms with Gasteiger partial charge in [0.15, 0.2) is 0 Å². The first kappa shape index (κ1) is 15.0. The minimum atomic E-state index is -0.241. The minimum absolute atomic E-state index is 0.0162. The van der Waals surface area contributed by atoms with Crippen molar-refractivity contribution < 1.29 is 9.53 Å². The van der Waals surface area contributed by atoms with Crippen molar-refractivity contribution in [2.24, 2.45) is 0 Å². The van der Waals surface area contributed by atoms with Gasteiger partial charge >= 0.3 is 0 Å². The third-order valence-corrected chi connectivity index (χ3v) is 4.04. The van der Waals surface area contributed by atoms with Crippen LogP contribution in [0.5, 0.6) is 0 Å². The molecule has 2 rings (SSSR count). The average molecular weight is 310 g/mol. The van der Waals surface area contributed by atoms with Gasteiger partial charge in [-0.05, 0) is 28.5 Å². The monoisotopic (exact) mass is 309 g/mol. The van der Waals surface area contributed by atoms with Crippen LogP contribution < -0.4 is 5.32 Å². The molecule has 0 saturated carbocycles. The lowest BCUT2D eigenvalue weighted by molar-refractivity contribution is -0.121. The lowest BCUT2D eigenvalue weighted by Gasteiger charge is -2.17. The van der Waals surface area contributed by atoms with Gasteiger partial charge in [-0.1, -0.05) is 29.8 Å². The molecular formula is C15H16ClNO2S. The van der Waals surface area contributed by atoms with E-state index in [1.54, 1.807) is 18.4 Å². The maximum absolute atomic E-state index is 11.9. The molecule has 1 amide bonds. The molecule has 106 valence electrons. The number of amides is 1. The van der Waals surface area contributed by atoms with Gasteiger partial charge < -0.3 is 10.1 Å². The number of hydrogen-bond acceptors (Lipinski definition) is 3. The van der Waals surface area contributed by atoms with E-state index in [9.17, 15) is 4.79 Å². The Labute approximate surface area is 127 Å². The first-order valence-corrected chi connectivity index (χ1v) is 7.57. The SMILES string of the molecule is COC(CNC(=O)Cc1ccsc1)c1ccccc1Cl. The lowest BCUT2D eigenvalue weighted by atomic mass is 10.1. The van der Waals surface area contributed by atoms with Gasteiger partial charge in [0.1, 0.15) is 6.10 Å². The number of halogens is 1. The topological polar surface area (TPSA) is 38.3 Å². The molecule has 1 aromatic heterocycles. The molecule has 0 aliphatic heterocycles. The van der Waals surface area contributed by atoms with Crippen LogP contribution in [0, 0.1) is 0 Å². The van der Waals surface area contributed by atoms with Crippen molar-refractivity contribution in [2.75, 3.05) is 13.7 Å². The molecule has 0 saturated heterocycles. The number of ether oxygens (including phenoxy) is 1. The molecule has 0 spiro atoms. The first-order valence-electron chi connectivity index (χ1n) is 6.25. The van der Waals surface area contributed by atoms with Gasteiger partial charge in [-0.3, -0.25) is 4.79 Å². The lowest BCUT2D eigenvalue weighted by Crippen LogP contribution is -2.30. The number of rotatable bonds is 6.